The Balaban J connectivity index is 1.52. The van der Waals surface area contributed by atoms with Crippen LogP contribution in [-0.2, 0) is 22.1 Å². The molecule has 0 aliphatic heterocycles. The Morgan fingerprint density at radius 3 is 2.59 bits per heavy atom. The molecule has 0 saturated carbocycles. The molecule has 0 N–H and O–H groups in total. The van der Waals surface area contributed by atoms with E-state index in [1.807, 2.05) is 24.3 Å². The number of carbonyl (C=O) groups excluding carboxylic acids is 2. The van der Waals surface area contributed by atoms with Crippen LogP contribution >= 0.6 is 11.3 Å². The van der Waals surface area contributed by atoms with E-state index in [2.05, 4.69) is 4.98 Å². The molecular formula is C19H14F3NO3S. The number of hydrogen-bond donors (Lipinski definition) is 0. The number of alkyl halides is 3. The number of ether oxygens (including phenoxy) is 1. The van der Waals surface area contributed by atoms with E-state index >= 15 is 0 Å². The van der Waals surface area contributed by atoms with Crippen molar-refractivity contribution < 1.29 is 27.5 Å². The lowest BCUT2D eigenvalue weighted by Crippen LogP contribution is -2.15. The first-order valence-electron chi connectivity index (χ1n) is 8.03. The van der Waals surface area contributed by atoms with Crippen molar-refractivity contribution >= 4 is 33.3 Å². The van der Waals surface area contributed by atoms with E-state index in [4.69, 9.17) is 4.74 Å². The number of aromatic nitrogens is 1. The van der Waals surface area contributed by atoms with Gasteiger partial charge in [0.15, 0.2) is 12.4 Å². The Bertz CT molecular complexity index is 948. The molecule has 0 aliphatic rings. The van der Waals surface area contributed by atoms with Gasteiger partial charge in [-0.25, -0.2) is 4.98 Å². The number of ketones is 1. The summed E-state index contributed by atoms with van der Waals surface area (Å²) < 4.78 is 43.9. The van der Waals surface area contributed by atoms with Gasteiger partial charge in [0, 0.05) is 12.0 Å². The first-order valence-corrected chi connectivity index (χ1v) is 8.85. The summed E-state index contributed by atoms with van der Waals surface area (Å²) in [4.78, 5) is 28.2. The zero-order valence-corrected chi connectivity index (χ0v) is 14.8. The van der Waals surface area contributed by atoms with Crippen molar-refractivity contribution in [1.29, 1.82) is 0 Å². The van der Waals surface area contributed by atoms with Gasteiger partial charge in [0.1, 0.15) is 0 Å². The van der Waals surface area contributed by atoms with E-state index in [-0.39, 0.29) is 12.0 Å². The molecule has 0 radical (unpaired) electrons. The Morgan fingerprint density at radius 1 is 1.07 bits per heavy atom. The number of Topliss-reactive ketones (excluding diaryl/α,β-unsaturated/α-hetero) is 1. The van der Waals surface area contributed by atoms with Crippen LogP contribution in [0.15, 0.2) is 48.5 Å². The number of thiazole rings is 1. The third kappa shape index (κ3) is 4.91. The van der Waals surface area contributed by atoms with Gasteiger partial charge in [0.2, 0.25) is 0 Å². The lowest BCUT2D eigenvalue weighted by Gasteiger charge is -2.08. The number of nitrogens with zero attached hydrogens (tertiary/aromatic N) is 1. The Hall–Kier alpha value is -2.74. The lowest BCUT2D eigenvalue weighted by atomic mass is 10.1. The fourth-order valence-electron chi connectivity index (χ4n) is 2.41. The molecule has 27 heavy (non-hydrogen) atoms. The van der Waals surface area contributed by atoms with Gasteiger partial charge in [-0.1, -0.05) is 24.3 Å². The minimum atomic E-state index is -4.54. The summed E-state index contributed by atoms with van der Waals surface area (Å²) in [7, 11) is 0. The van der Waals surface area contributed by atoms with Gasteiger partial charge in [-0.05, 0) is 24.3 Å². The lowest BCUT2D eigenvalue weighted by molar-refractivity contribution is -0.142. The fraction of sp³-hybridized carbons (Fsp3) is 0.211. The number of aryl methyl sites for hydroxylation is 1. The van der Waals surface area contributed by atoms with Crippen molar-refractivity contribution in [2.75, 3.05) is 6.61 Å². The van der Waals surface area contributed by atoms with Gasteiger partial charge in [-0.15, -0.1) is 11.3 Å². The topological polar surface area (TPSA) is 56.3 Å². The van der Waals surface area contributed by atoms with Crippen LogP contribution in [-0.4, -0.2) is 23.3 Å². The molecule has 2 aromatic carbocycles. The molecule has 0 atom stereocenters. The molecule has 3 aromatic rings. The standard InChI is InChI=1S/C19H14F3NO3S/c20-19(21,22)13-5-3-4-12(10-13)15(24)11-26-18(25)9-8-17-23-14-6-1-2-7-16(14)27-17/h1-7,10H,8-9,11H2. The van der Waals surface area contributed by atoms with Gasteiger partial charge in [0.05, 0.1) is 27.2 Å². The molecule has 0 aliphatic carbocycles. The second-order valence-electron chi connectivity index (χ2n) is 5.74. The predicted molar refractivity (Wildman–Crippen MR) is 94.7 cm³/mol. The van der Waals surface area contributed by atoms with Gasteiger partial charge in [-0.3, -0.25) is 9.59 Å². The van der Waals surface area contributed by atoms with Crippen LogP contribution in [0.1, 0.15) is 27.3 Å². The highest BCUT2D eigenvalue weighted by atomic mass is 32.1. The molecule has 8 heteroatoms. The van der Waals surface area contributed by atoms with Gasteiger partial charge in [0.25, 0.3) is 0 Å². The monoisotopic (exact) mass is 393 g/mol. The second-order valence-corrected chi connectivity index (χ2v) is 6.85. The van der Waals surface area contributed by atoms with Crippen molar-refractivity contribution in [2.45, 2.75) is 19.0 Å². The first-order chi connectivity index (χ1) is 12.8. The molecule has 0 unspecified atom stereocenters. The normalized spacial score (nSPS) is 11.5. The van der Waals surface area contributed by atoms with E-state index in [0.717, 1.165) is 33.4 Å². The maximum atomic E-state index is 12.7. The minimum Gasteiger partial charge on any atom is -0.457 e. The van der Waals surface area contributed by atoms with E-state index in [9.17, 15) is 22.8 Å². The van der Waals surface area contributed by atoms with E-state index in [0.29, 0.717) is 6.42 Å². The van der Waals surface area contributed by atoms with Crippen molar-refractivity contribution in [3.8, 4) is 0 Å². The van der Waals surface area contributed by atoms with Gasteiger partial charge < -0.3 is 4.74 Å². The Labute approximate surface area is 156 Å². The highest BCUT2D eigenvalue weighted by Crippen LogP contribution is 2.29. The smallest absolute Gasteiger partial charge is 0.416 e. The van der Waals surface area contributed by atoms with Crippen LogP contribution in [0.2, 0.25) is 0 Å². The van der Waals surface area contributed by atoms with Gasteiger partial charge in [-0.2, -0.15) is 13.2 Å². The van der Waals surface area contributed by atoms with Crippen LogP contribution in [0.5, 0.6) is 0 Å². The second kappa shape index (κ2) is 7.87. The Morgan fingerprint density at radius 2 is 1.85 bits per heavy atom. The van der Waals surface area contributed by atoms with Crippen molar-refractivity contribution in [2.24, 2.45) is 0 Å². The highest BCUT2D eigenvalue weighted by molar-refractivity contribution is 7.18. The third-order valence-electron chi connectivity index (χ3n) is 3.76. The summed E-state index contributed by atoms with van der Waals surface area (Å²) >= 11 is 1.47. The summed E-state index contributed by atoms with van der Waals surface area (Å²) in [5, 5.41) is 0.775. The number of fused-ring (bicyclic) bond motifs is 1. The summed E-state index contributed by atoms with van der Waals surface area (Å²) in [6, 6.07) is 11.6. The molecule has 0 bridgehead atoms. The number of esters is 1. The summed E-state index contributed by atoms with van der Waals surface area (Å²) in [6.45, 7) is -0.597. The highest BCUT2D eigenvalue weighted by Gasteiger charge is 2.30. The van der Waals surface area contributed by atoms with Crippen LogP contribution < -0.4 is 0 Å². The first kappa shape index (κ1) is 19.0. The molecule has 4 nitrogen and oxygen atoms in total. The van der Waals surface area contributed by atoms with Crippen molar-refractivity contribution in [3.05, 3.63) is 64.7 Å². The average Bonchev–Trinajstić information content (AvgIpc) is 3.07. The molecule has 0 fully saturated rings. The fourth-order valence-corrected chi connectivity index (χ4v) is 3.37. The summed E-state index contributed by atoms with van der Waals surface area (Å²) in [5.41, 5.74) is -0.218. The van der Waals surface area contributed by atoms with Crippen molar-refractivity contribution in [3.63, 3.8) is 0 Å². The molecule has 1 heterocycles. The van der Waals surface area contributed by atoms with Crippen LogP contribution in [0.25, 0.3) is 10.2 Å². The van der Waals surface area contributed by atoms with E-state index < -0.39 is 30.1 Å². The average molecular weight is 393 g/mol. The molecule has 0 spiro atoms. The predicted octanol–water partition coefficient (Wildman–Crippen LogP) is 4.67. The number of para-hydroxylation sites is 1. The summed E-state index contributed by atoms with van der Waals surface area (Å²) in [6.07, 6.45) is -4.13. The van der Waals surface area contributed by atoms with Crippen molar-refractivity contribution in [1.82, 2.24) is 4.98 Å². The largest absolute Gasteiger partial charge is 0.457 e. The maximum Gasteiger partial charge on any atom is 0.416 e. The van der Waals surface area contributed by atoms with Crippen LogP contribution in [0, 0.1) is 0 Å². The number of rotatable bonds is 6. The maximum absolute atomic E-state index is 12.7. The van der Waals surface area contributed by atoms with E-state index in [1.54, 1.807) is 0 Å². The van der Waals surface area contributed by atoms with Crippen LogP contribution in [0.3, 0.4) is 0 Å². The number of halogens is 3. The molecule has 0 saturated heterocycles. The molecule has 140 valence electrons. The molecular weight excluding hydrogens is 379 g/mol. The molecule has 1 aromatic heterocycles. The minimum absolute atomic E-state index is 0.0374. The zero-order chi connectivity index (χ0) is 19.4. The molecule has 0 amide bonds. The number of carbonyl (C=O) groups is 2. The number of benzene rings is 2. The zero-order valence-electron chi connectivity index (χ0n) is 14.0. The summed E-state index contributed by atoms with van der Waals surface area (Å²) in [5.74, 6) is -1.29. The quantitative estimate of drug-likeness (QED) is 0.451. The van der Waals surface area contributed by atoms with E-state index in [1.165, 1.54) is 17.4 Å². The SMILES string of the molecule is O=C(CCc1nc2ccccc2s1)OCC(=O)c1cccc(C(F)(F)F)c1. The molecule has 3 rings (SSSR count). The third-order valence-corrected chi connectivity index (χ3v) is 4.85. The van der Waals surface area contributed by atoms with Crippen LogP contribution in [0.4, 0.5) is 13.2 Å². The Kier molecular flexibility index (Phi) is 5.55. The van der Waals surface area contributed by atoms with Gasteiger partial charge >= 0.3 is 12.1 Å². The number of hydrogen-bond acceptors (Lipinski definition) is 5.